The molecular formula is C23H27N5O. The molecule has 2 aromatic carbocycles. The lowest BCUT2D eigenvalue weighted by Gasteiger charge is -2.40. The van der Waals surface area contributed by atoms with Crippen LogP contribution >= 0.6 is 0 Å². The number of nitrogens with one attached hydrogen (secondary N) is 3. The molecule has 29 heavy (non-hydrogen) atoms. The van der Waals surface area contributed by atoms with E-state index in [9.17, 15) is 4.79 Å². The third-order valence-electron chi connectivity index (χ3n) is 5.56. The third-order valence-corrected chi connectivity index (χ3v) is 5.56. The van der Waals surface area contributed by atoms with E-state index in [0.717, 1.165) is 41.7 Å². The highest BCUT2D eigenvalue weighted by Crippen LogP contribution is 2.29. The van der Waals surface area contributed by atoms with E-state index < -0.39 is 0 Å². The predicted molar refractivity (Wildman–Crippen MR) is 117 cm³/mol. The molecule has 1 aliphatic heterocycles. The van der Waals surface area contributed by atoms with E-state index in [4.69, 9.17) is 0 Å². The molecule has 0 radical (unpaired) electrons. The molecule has 0 spiro atoms. The van der Waals surface area contributed by atoms with Gasteiger partial charge in [-0.3, -0.25) is 10.00 Å². The van der Waals surface area contributed by atoms with Gasteiger partial charge in [0.2, 0.25) is 0 Å². The minimum atomic E-state index is -0.203. The van der Waals surface area contributed by atoms with Gasteiger partial charge in [-0.1, -0.05) is 42.8 Å². The van der Waals surface area contributed by atoms with Crippen LogP contribution in [0, 0.1) is 0 Å². The molecule has 3 N–H and O–H groups in total. The maximum Gasteiger partial charge on any atom is 0.319 e. The number of benzene rings is 2. The van der Waals surface area contributed by atoms with Gasteiger partial charge in [-0.05, 0) is 43.1 Å². The largest absolute Gasteiger partial charge is 0.329 e. The molecule has 0 aliphatic carbocycles. The van der Waals surface area contributed by atoms with E-state index in [1.54, 1.807) is 6.20 Å². The van der Waals surface area contributed by atoms with Crippen LogP contribution in [0.4, 0.5) is 10.5 Å². The van der Waals surface area contributed by atoms with Crippen LogP contribution in [0.2, 0.25) is 0 Å². The molecular weight excluding hydrogens is 362 g/mol. The highest BCUT2D eigenvalue weighted by Gasteiger charge is 2.31. The first-order chi connectivity index (χ1) is 14.2. The number of fused-ring (bicyclic) bond motifs is 1. The van der Waals surface area contributed by atoms with Crippen molar-refractivity contribution in [2.45, 2.75) is 31.3 Å². The van der Waals surface area contributed by atoms with Crippen LogP contribution in [-0.4, -0.2) is 40.3 Å². The quantitative estimate of drug-likeness (QED) is 0.545. The summed E-state index contributed by atoms with van der Waals surface area (Å²) in [6, 6.07) is 15.9. The molecule has 150 valence electrons. The normalized spacial score (nSPS) is 18.3. The molecule has 1 unspecified atom stereocenters. The first-order valence-electron chi connectivity index (χ1n) is 10.1. The van der Waals surface area contributed by atoms with Crippen molar-refractivity contribution in [3.63, 3.8) is 0 Å². The Hall–Kier alpha value is -3.12. The maximum atomic E-state index is 12.9. The molecule has 1 aliphatic rings. The number of hydrogen-bond donors (Lipinski definition) is 3. The van der Waals surface area contributed by atoms with Crippen LogP contribution in [-0.2, 0) is 0 Å². The fraction of sp³-hybridized carbons (Fsp3) is 0.304. The van der Waals surface area contributed by atoms with Crippen LogP contribution in [0.1, 0.15) is 30.9 Å². The van der Waals surface area contributed by atoms with Gasteiger partial charge in [0.25, 0.3) is 0 Å². The number of H-pyrrole nitrogens is 1. The number of amides is 2. The van der Waals surface area contributed by atoms with Gasteiger partial charge in [-0.25, -0.2) is 4.79 Å². The summed E-state index contributed by atoms with van der Waals surface area (Å²) in [6.07, 6.45) is 7.10. The Morgan fingerprint density at radius 2 is 2.14 bits per heavy atom. The Morgan fingerprint density at radius 3 is 2.97 bits per heavy atom. The monoisotopic (exact) mass is 389 g/mol. The topological polar surface area (TPSA) is 73.1 Å². The van der Waals surface area contributed by atoms with Crippen LogP contribution in [0.3, 0.4) is 0 Å². The van der Waals surface area contributed by atoms with E-state index in [-0.39, 0.29) is 18.1 Å². The Kier molecular flexibility index (Phi) is 5.91. The van der Waals surface area contributed by atoms with Crippen molar-refractivity contribution in [1.29, 1.82) is 0 Å². The van der Waals surface area contributed by atoms with Gasteiger partial charge in [-0.2, -0.15) is 5.10 Å². The molecule has 3 aromatic rings. The lowest BCUT2D eigenvalue weighted by molar-refractivity contribution is 0.130. The fourth-order valence-electron chi connectivity index (χ4n) is 4.18. The van der Waals surface area contributed by atoms with Crippen LogP contribution in [0.15, 0.2) is 67.4 Å². The average molecular weight is 390 g/mol. The standard InChI is InChI=1S/C23H27N5O/c1-2-13-28-14-7-6-10-21(28)22(17-8-4-3-5-9-17)26-23(29)25-19-11-12-20-18(15-19)16-24-27-20/h2-5,8-9,11-12,15-16,21-22H,1,6-7,10,13-14H2,(H,24,27)(H2,25,26,29)/t21-,22?/m0/s1. The highest BCUT2D eigenvalue weighted by atomic mass is 16.2. The van der Waals surface area contributed by atoms with Crippen LogP contribution in [0.5, 0.6) is 0 Å². The summed E-state index contributed by atoms with van der Waals surface area (Å²) < 4.78 is 0. The summed E-state index contributed by atoms with van der Waals surface area (Å²) in [5, 5.41) is 14.1. The molecule has 0 saturated carbocycles. The molecule has 4 rings (SSSR count). The van der Waals surface area contributed by atoms with Gasteiger partial charge in [0.15, 0.2) is 0 Å². The van der Waals surface area contributed by atoms with Gasteiger partial charge < -0.3 is 10.6 Å². The smallest absolute Gasteiger partial charge is 0.319 e. The van der Waals surface area contributed by atoms with E-state index in [2.05, 4.69) is 44.4 Å². The minimum Gasteiger partial charge on any atom is -0.329 e. The molecule has 6 nitrogen and oxygen atoms in total. The zero-order valence-corrected chi connectivity index (χ0v) is 16.5. The zero-order valence-electron chi connectivity index (χ0n) is 16.5. The lowest BCUT2D eigenvalue weighted by Crippen LogP contribution is -2.49. The van der Waals surface area contributed by atoms with Gasteiger partial charge >= 0.3 is 6.03 Å². The van der Waals surface area contributed by atoms with Crippen LogP contribution in [0.25, 0.3) is 10.9 Å². The first kappa shape index (κ1) is 19.2. The van der Waals surface area contributed by atoms with Crippen molar-refractivity contribution in [1.82, 2.24) is 20.4 Å². The molecule has 2 heterocycles. The summed E-state index contributed by atoms with van der Waals surface area (Å²) in [5.74, 6) is 0. The molecule has 1 saturated heterocycles. The first-order valence-corrected chi connectivity index (χ1v) is 10.1. The molecule has 1 aromatic heterocycles. The fourth-order valence-corrected chi connectivity index (χ4v) is 4.18. The van der Waals surface area contributed by atoms with E-state index in [1.807, 2.05) is 42.5 Å². The Balaban J connectivity index is 1.54. The number of hydrogen-bond acceptors (Lipinski definition) is 3. The van der Waals surface area contributed by atoms with E-state index >= 15 is 0 Å². The maximum absolute atomic E-state index is 12.9. The predicted octanol–water partition coefficient (Wildman–Crippen LogP) is 4.47. The average Bonchev–Trinajstić information content (AvgIpc) is 3.21. The second-order valence-electron chi connectivity index (χ2n) is 7.51. The number of nitrogens with zero attached hydrogens (tertiary/aromatic N) is 2. The number of piperidine rings is 1. The summed E-state index contributed by atoms with van der Waals surface area (Å²) >= 11 is 0. The molecule has 2 amide bonds. The summed E-state index contributed by atoms with van der Waals surface area (Å²) in [5.41, 5.74) is 2.81. The van der Waals surface area contributed by atoms with Gasteiger partial charge in [0.05, 0.1) is 17.8 Å². The Morgan fingerprint density at radius 1 is 1.28 bits per heavy atom. The number of carbonyl (C=O) groups is 1. The van der Waals surface area contributed by atoms with Crippen molar-refractivity contribution in [3.05, 3.63) is 72.9 Å². The van der Waals surface area contributed by atoms with Crippen molar-refractivity contribution in [3.8, 4) is 0 Å². The molecule has 6 heteroatoms. The third kappa shape index (κ3) is 4.49. The summed E-state index contributed by atoms with van der Waals surface area (Å²) in [6.45, 7) is 5.77. The number of anilines is 1. The van der Waals surface area contributed by atoms with Gasteiger partial charge in [0.1, 0.15) is 0 Å². The number of aromatic nitrogens is 2. The highest BCUT2D eigenvalue weighted by molar-refractivity contribution is 5.92. The van der Waals surface area contributed by atoms with Crippen molar-refractivity contribution in [2.24, 2.45) is 0 Å². The molecule has 2 atom stereocenters. The number of aromatic amines is 1. The van der Waals surface area contributed by atoms with Crippen LogP contribution < -0.4 is 10.6 Å². The molecule has 0 bridgehead atoms. The SMILES string of the molecule is C=CCN1CCCC[C@H]1C(NC(=O)Nc1ccc2[nH]ncc2c1)c1ccccc1. The van der Waals surface area contributed by atoms with Gasteiger partial charge in [-0.15, -0.1) is 6.58 Å². The second-order valence-corrected chi connectivity index (χ2v) is 7.51. The van der Waals surface area contributed by atoms with Gasteiger partial charge in [0, 0.05) is 23.7 Å². The zero-order chi connectivity index (χ0) is 20.1. The number of carbonyl (C=O) groups excluding carboxylic acids is 1. The number of urea groups is 1. The van der Waals surface area contributed by atoms with Crippen molar-refractivity contribution in [2.75, 3.05) is 18.4 Å². The Labute approximate surface area is 171 Å². The minimum absolute atomic E-state index is 0.0888. The Bertz CT molecular complexity index is 968. The van der Waals surface area contributed by atoms with E-state index in [1.165, 1.54) is 12.8 Å². The van der Waals surface area contributed by atoms with Crippen molar-refractivity contribution >= 4 is 22.6 Å². The second kappa shape index (κ2) is 8.92. The lowest BCUT2D eigenvalue weighted by atomic mass is 9.90. The summed E-state index contributed by atoms with van der Waals surface area (Å²) in [7, 11) is 0. The molecule has 1 fully saturated rings. The van der Waals surface area contributed by atoms with Crippen molar-refractivity contribution < 1.29 is 4.79 Å². The number of rotatable bonds is 6. The number of likely N-dealkylation sites (tertiary alicyclic amines) is 1. The summed E-state index contributed by atoms with van der Waals surface area (Å²) in [4.78, 5) is 15.3. The van der Waals surface area contributed by atoms with E-state index in [0.29, 0.717) is 0 Å².